The lowest BCUT2D eigenvalue weighted by atomic mass is 9.75. The SMILES string of the molecule is CCNC(=NCc1cccc(OC)c1O)NC1CCC(C)(C)CC1.I. The van der Waals surface area contributed by atoms with Crippen molar-refractivity contribution in [1.82, 2.24) is 10.6 Å². The number of rotatable bonds is 5. The molecule has 5 nitrogen and oxygen atoms in total. The number of nitrogens with zero attached hydrogens (tertiary/aromatic N) is 1. The third kappa shape index (κ3) is 6.56. The summed E-state index contributed by atoms with van der Waals surface area (Å²) >= 11 is 0. The summed E-state index contributed by atoms with van der Waals surface area (Å²) in [4.78, 5) is 4.63. The maximum absolute atomic E-state index is 10.2. The molecule has 1 fully saturated rings. The smallest absolute Gasteiger partial charge is 0.191 e. The molecule has 0 saturated heterocycles. The normalized spacial score (nSPS) is 17.5. The van der Waals surface area contributed by atoms with Crippen molar-refractivity contribution in [2.75, 3.05) is 13.7 Å². The van der Waals surface area contributed by atoms with Crippen LogP contribution in [0.3, 0.4) is 0 Å². The van der Waals surface area contributed by atoms with E-state index >= 15 is 0 Å². The highest BCUT2D eigenvalue weighted by molar-refractivity contribution is 14.0. The zero-order chi connectivity index (χ0) is 17.6. The van der Waals surface area contributed by atoms with Crippen LogP contribution in [0.5, 0.6) is 11.5 Å². The van der Waals surface area contributed by atoms with Gasteiger partial charge < -0.3 is 20.5 Å². The zero-order valence-electron chi connectivity index (χ0n) is 15.8. The van der Waals surface area contributed by atoms with Crippen LogP contribution in [-0.4, -0.2) is 30.8 Å². The molecule has 2 rings (SSSR count). The molecular formula is C19H32IN3O2. The molecule has 0 spiro atoms. The third-order valence-electron chi connectivity index (χ3n) is 4.73. The van der Waals surface area contributed by atoms with E-state index < -0.39 is 0 Å². The first-order valence-electron chi connectivity index (χ1n) is 8.85. The number of hydrogen-bond acceptors (Lipinski definition) is 3. The highest BCUT2D eigenvalue weighted by Crippen LogP contribution is 2.35. The van der Waals surface area contributed by atoms with Crippen LogP contribution in [-0.2, 0) is 6.54 Å². The molecule has 0 radical (unpaired) electrons. The number of aliphatic imine (C=N–C) groups is 1. The van der Waals surface area contributed by atoms with Crippen LogP contribution in [0.25, 0.3) is 0 Å². The van der Waals surface area contributed by atoms with Gasteiger partial charge in [-0.05, 0) is 44.1 Å². The summed E-state index contributed by atoms with van der Waals surface area (Å²) in [5.41, 5.74) is 1.22. The Labute approximate surface area is 168 Å². The second-order valence-corrected chi connectivity index (χ2v) is 7.25. The highest BCUT2D eigenvalue weighted by Gasteiger charge is 2.27. The molecule has 0 amide bonds. The van der Waals surface area contributed by atoms with Gasteiger partial charge in [0, 0.05) is 18.2 Å². The molecule has 0 unspecified atom stereocenters. The van der Waals surface area contributed by atoms with Crippen molar-refractivity contribution in [3.8, 4) is 11.5 Å². The van der Waals surface area contributed by atoms with Gasteiger partial charge in [0.15, 0.2) is 17.5 Å². The molecule has 0 atom stereocenters. The van der Waals surface area contributed by atoms with Gasteiger partial charge in [-0.3, -0.25) is 0 Å². The van der Waals surface area contributed by atoms with Gasteiger partial charge in [-0.15, -0.1) is 24.0 Å². The number of nitrogens with one attached hydrogen (secondary N) is 2. The summed E-state index contributed by atoms with van der Waals surface area (Å²) in [7, 11) is 1.55. The van der Waals surface area contributed by atoms with Gasteiger partial charge in [0.05, 0.1) is 13.7 Å². The Hall–Kier alpha value is -1.18. The van der Waals surface area contributed by atoms with E-state index in [0.29, 0.717) is 23.8 Å². The number of phenolic OH excluding ortho intramolecular Hbond substituents is 1. The lowest BCUT2D eigenvalue weighted by molar-refractivity contribution is 0.216. The fraction of sp³-hybridized carbons (Fsp3) is 0.632. The van der Waals surface area contributed by atoms with Crippen LogP contribution in [0.1, 0.15) is 52.0 Å². The first-order chi connectivity index (χ1) is 11.4. The lowest BCUT2D eigenvalue weighted by Crippen LogP contribution is -2.45. The van der Waals surface area contributed by atoms with Gasteiger partial charge in [-0.25, -0.2) is 4.99 Å². The minimum atomic E-state index is 0. The first-order valence-corrected chi connectivity index (χ1v) is 8.85. The van der Waals surface area contributed by atoms with Gasteiger partial charge in [0.2, 0.25) is 0 Å². The average molecular weight is 461 g/mol. The van der Waals surface area contributed by atoms with E-state index in [9.17, 15) is 5.11 Å². The molecule has 1 aliphatic carbocycles. The first kappa shape index (κ1) is 21.9. The largest absolute Gasteiger partial charge is 0.504 e. The molecular weight excluding hydrogens is 429 g/mol. The summed E-state index contributed by atoms with van der Waals surface area (Å²) in [6.07, 6.45) is 4.81. The van der Waals surface area contributed by atoms with E-state index in [1.807, 2.05) is 12.1 Å². The standard InChI is InChI=1S/C19H31N3O2.HI/c1-5-20-18(22-15-9-11-19(2,3)12-10-15)21-13-14-7-6-8-16(24-4)17(14)23;/h6-8,15,23H,5,9-13H2,1-4H3,(H2,20,21,22);1H. The number of ether oxygens (including phenoxy) is 1. The number of aromatic hydroxyl groups is 1. The van der Waals surface area contributed by atoms with E-state index in [0.717, 1.165) is 18.1 Å². The van der Waals surface area contributed by atoms with Gasteiger partial charge in [0.1, 0.15) is 0 Å². The fourth-order valence-corrected chi connectivity index (χ4v) is 3.08. The highest BCUT2D eigenvalue weighted by atomic mass is 127. The third-order valence-corrected chi connectivity index (χ3v) is 4.73. The topological polar surface area (TPSA) is 65.9 Å². The molecule has 0 aromatic heterocycles. The van der Waals surface area contributed by atoms with Crippen LogP contribution in [0.2, 0.25) is 0 Å². The molecule has 0 heterocycles. The van der Waals surface area contributed by atoms with Gasteiger partial charge in [-0.1, -0.05) is 26.0 Å². The van der Waals surface area contributed by atoms with Crippen molar-refractivity contribution < 1.29 is 9.84 Å². The number of halogens is 1. The predicted octanol–water partition coefficient (Wildman–Crippen LogP) is 4.04. The predicted molar refractivity (Wildman–Crippen MR) is 114 cm³/mol. The molecule has 1 aromatic rings. The molecule has 1 saturated carbocycles. The van der Waals surface area contributed by atoms with Crippen molar-refractivity contribution >= 4 is 29.9 Å². The Balaban J connectivity index is 0.00000312. The van der Waals surface area contributed by atoms with Crippen molar-refractivity contribution in [1.29, 1.82) is 0 Å². The number of benzene rings is 1. The average Bonchev–Trinajstić information content (AvgIpc) is 2.56. The lowest BCUT2D eigenvalue weighted by Gasteiger charge is -2.35. The van der Waals surface area contributed by atoms with Crippen LogP contribution in [0, 0.1) is 5.41 Å². The fourth-order valence-electron chi connectivity index (χ4n) is 3.08. The molecule has 3 N–H and O–H groups in total. The molecule has 25 heavy (non-hydrogen) atoms. The molecule has 0 aliphatic heterocycles. The summed E-state index contributed by atoms with van der Waals surface area (Å²) in [6.45, 7) is 7.97. The Morgan fingerprint density at radius 2 is 2.00 bits per heavy atom. The molecule has 1 aromatic carbocycles. The monoisotopic (exact) mass is 461 g/mol. The van der Waals surface area contributed by atoms with Gasteiger partial charge >= 0.3 is 0 Å². The van der Waals surface area contributed by atoms with E-state index in [2.05, 4.69) is 36.4 Å². The number of methoxy groups -OCH3 is 1. The Morgan fingerprint density at radius 1 is 1.32 bits per heavy atom. The van der Waals surface area contributed by atoms with Crippen molar-refractivity contribution in [2.45, 2.75) is 59.0 Å². The van der Waals surface area contributed by atoms with E-state index in [4.69, 9.17) is 4.74 Å². The van der Waals surface area contributed by atoms with E-state index in [1.165, 1.54) is 25.7 Å². The summed E-state index contributed by atoms with van der Waals surface area (Å²) < 4.78 is 5.15. The number of guanidine groups is 1. The maximum atomic E-state index is 10.2. The van der Waals surface area contributed by atoms with Crippen molar-refractivity contribution in [2.24, 2.45) is 10.4 Å². The molecule has 142 valence electrons. The van der Waals surface area contributed by atoms with Gasteiger partial charge in [0.25, 0.3) is 0 Å². The number of phenols is 1. The second-order valence-electron chi connectivity index (χ2n) is 7.25. The quantitative estimate of drug-likeness (QED) is 0.352. The summed E-state index contributed by atoms with van der Waals surface area (Å²) in [5.74, 6) is 1.46. The number of para-hydroxylation sites is 1. The van der Waals surface area contributed by atoms with Crippen LogP contribution < -0.4 is 15.4 Å². The molecule has 6 heteroatoms. The van der Waals surface area contributed by atoms with Crippen LogP contribution in [0.4, 0.5) is 0 Å². The summed E-state index contributed by atoms with van der Waals surface area (Å²) in [5, 5.41) is 17.0. The second kappa shape index (κ2) is 10.1. The van der Waals surface area contributed by atoms with Crippen molar-refractivity contribution in [3.63, 3.8) is 0 Å². The molecule has 1 aliphatic rings. The number of hydrogen-bond donors (Lipinski definition) is 3. The molecule has 0 bridgehead atoms. The van der Waals surface area contributed by atoms with Crippen LogP contribution >= 0.6 is 24.0 Å². The van der Waals surface area contributed by atoms with Crippen LogP contribution in [0.15, 0.2) is 23.2 Å². The maximum Gasteiger partial charge on any atom is 0.191 e. The zero-order valence-corrected chi connectivity index (χ0v) is 18.1. The van der Waals surface area contributed by atoms with E-state index in [1.54, 1.807) is 13.2 Å². The Kier molecular flexibility index (Phi) is 8.82. The van der Waals surface area contributed by atoms with E-state index in [-0.39, 0.29) is 29.7 Å². The Bertz CT molecular complexity index is 566. The summed E-state index contributed by atoms with van der Waals surface area (Å²) in [6, 6.07) is 5.95. The minimum absolute atomic E-state index is 0. The van der Waals surface area contributed by atoms with Gasteiger partial charge in [-0.2, -0.15) is 0 Å². The van der Waals surface area contributed by atoms with Crippen molar-refractivity contribution in [3.05, 3.63) is 23.8 Å². The minimum Gasteiger partial charge on any atom is -0.504 e. The Morgan fingerprint density at radius 3 is 2.60 bits per heavy atom.